The highest BCUT2D eigenvalue weighted by Gasteiger charge is 2.32. The van der Waals surface area contributed by atoms with Crippen LogP contribution in [0.2, 0.25) is 0 Å². The lowest BCUT2D eigenvalue weighted by atomic mass is 10.0. The third kappa shape index (κ3) is 5.14. The van der Waals surface area contributed by atoms with Gasteiger partial charge in [-0.3, -0.25) is 4.90 Å². The molecule has 1 saturated heterocycles. The van der Waals surface area contributed by atoms with Crippen molar-refractivity contribution in [2.24, 2.45) is 0 Å². The number of aldehydes is 1. The standard InChI is InChI=1S/C25H29N3O2S/c1-27(2)20-13-11-19(12-14-20)23-18-31-25(26-23)24-10-6-7-15-28(24)21(16-29)17-30-22-8-4-3-5-9-22/h3-5,8-9,11-14,16,18,21,24H,6-7,10,15,17H2,1-2H3. The molecule has 5 nitrogen and oxygen atoms in total. The zero-order valence-electron chi connectivity index (χ0n) is 18.1. The number of aromatic nitrogens is 1. The molecule has 0 aliphatic carbocycles. The van der Waals surface area contributed by atoms with E-state index in [1.807, 2.05) is 44.4 Å². The van der Waals surface area contributed by atoms with Gasteiger partial charge >= 0.3 is 0 Å². The van der Waals surface area contributed by atoms with Crippen LogP contribution < -0.4 is 9.64 Å². The number of benzene rings is 2. The molecule has 2 aromatic carbocycles. The zero-order chi connectivity index (χ0) is 21.6. The fraction of sp³-hybridized carbons (Fsp3) is 0.360. The van der Waals surface area contributed by atoms with Gasteiger partial charge in [-0.15, -0.1) is 11.3 Å². The van der Waals surface area contributed by atoms with Crippen LogP contribution in [0.3, 0.4) is 0 Å². The summed E-state index contributed by atoms with van der Waals surface area (Å²) in [4.78, 5) is 21.3. The van der Waals surface area contributed by atoms with E-state index in [-0.39, 0.29) is 12.1 Å². The molecule has 0 radical (unpaired) electrons. The first-order chi connectivity index (χ1) is 15.2. The Bertz CT molecular complexity index is 972. The van der Waals surface area contributed by atoms with E-state index in [9.17, 15) is 4.79 Å². The lowest BCUT2D eigenvalue weighted by Gasteiger charge is -2.37. The number of carbonyl (C=O) groups is 1. The van der Waals surface area contributed by atoms with Gasteiger partial charge in [-0.2, -0.15) is 0 Å². The Labute approximate surface area is 188 Å². The zero-order valence-corrected chi connectivity index (χ0v) is 18.9. The molecule has 162 valence electrons. The first-order valence-electron chi connectivity index (χ1n) is 10.8. The Morgan fingerprint density at radius 2 is 1.94 bits per heavy atom. The predicted molar refractivity (Wildman–Crippen MR) is 127 cm³/mol. The molecule has 31 heavy (non-hydrogen) atoms. The van der Waals surface area contributed by atoms with E-state index in [0.29, 0.717) is 6.61 Å². The van der Waals surface area contributed by atoms with E-state index in [0.717, 1.165) is 54.1 Å². The summed E-state index contributed by atoms with van der Waals surface area (Å²) < 4.78 is 5.91. The molecule has 2 atom stereocenters. The molecular weight excluding hydrogens is 406 g/mol. The number of ether oxygens (including phenoxy) is 1. The monoisotopic (exact) mass is 435 g/mol. The Kier molecular flexibility index (Phi) is 6.99. The molecule has 1 aliphatic heterocycles. The number of hydrogen-bond donors (Lipinski definition) is 0. The molecule has 0 saturated carbocycles. The minimum Gasteiger partial charge on any atom is -0.491 e. The molecule has 0 N–H and O–H groups in total. The van der Waals surface area contributed by atoms with Crippen molar-refractivity contribution in [2.75, 3.05) is 32.1 Å². The molecule has 3 aromatic rings. The van der Waals surface area contributed by atoms with Crippen LogP contribution in [0.4, 0.5) is 5.69 Å². The number of carbonyl (C=O) groups excluding carboxylic acids is 1. The van der Waals surface area contributed by atoms with Crippen LogP contribution >= 0.6 is 11.3 Å². The summed E-state index contributed by atoms with van der Waals surface area (Å²) in [5.41, 5.74) is 3.29. The second-order valence-electron chi connectivity index (χ2n) is 8.09. The van der Waals surface area contributed by atoms with Gasteiger partial charge < -0.3 is 14.4 Å². The van der Waals surface area contributed by atoms with Crippen LogP contribution in [0.25, 0.3) is 11.3 Å². The average Bonchev–Trinajstić information content (AvgIpc) is 3.31. The third-order valence-electron chi connectivity index (χ3n) is 5.78. The van der Waals surface area contributed by atoms with Gasteiger partial charge in [0.1, 0.15) is 29.7 Å². The highest BCUT2D eigenvalue weighted by molar-refractivity contribution is 7.10. The molecule has 6 heteroatoms. The minimum absolute atomic E-state index is 0.156. The van der Waals surface area contributed by atoms with Crippen molar-refractivity contribution in [3.63, 3.8) is 0 Å². The van der Waals surface area contributed by atoms with Crippen molar-refractivity contribution in [1.29, 1.82) is 0 Å². The van der Waals surface area contributed by atoms with Gasteiger partial charge in [0.25, 0.3) is 0 Å². The maximum Gasteiger partial charge on any atom is 0.140 e. The topological polar surface area (TPSA) is 45.7 Å². The van der Waals surface area contributed by atoms with Gasteiger partial charge in [-0.1, -0.05) is 36.8 Å². The number of thiazole rings is 1. The SMILES string of the molecule is CN(C)c1ccc(-c2csc(C3CCCCN3C(C=O)COc3ccccc3)n2)cc1. The molecule has 0 spiro atoms. The number of anilines is 1. The first kappa shape index (κ1) is 21.5. The van der Waals surface area contributed by atoms with Crippen LogP contribution in [0.1, 0.15) is 30.3 Å². The summed E-state index contributed by atoms with van der Waals surface area (Å²) in [5, 5.41) is 3.21. The molecule has 2 unspecified atom stereocenters. The maximum atomic E-state index is 12.0. The summed E-state index contributed by atoms with van der Waals surface area (Å²) >= 11 is 1.69. The Morgan fingerprint density at radius 3 is 2.65 bits per heavy atom. The summed E-state index contributed by atoms with van der Waals surface area (Å²) in [6.07, 6.45) is 4.28. The molecule has 0 amide bonds. The van der Waals surface area contributed by atoms with Crippen LogP contribution in [0.5, 0.6) is 5.75 Å². The first-order valence-corrected chi connectivity index (χ1v) is 11.7. The van der Waals surface area contributed by atoms with E-state index in [2.05, 4.69) is 39.4 Å². The number of hydrogen-bond acceptors (Lipinski definition) is 6. The molecule has 1 aromatic heterocycles. The number of piperidine rings is 1. The quantitative estimate of drug-likeness (QED) is 0.463. The molecule has 1 aliphatic rings. The number of nitrogens with zero attached hydrogens (tertiary/aromatic N) is 3. The molecular formula is C25H29N3O2S. The van der Waals surface area contributed by atoms with Gasteiger partial charge in [0.15, 0.2) is 0 Å². The molecule has 0 bridgehead atoms. The largest absolute Gasteiger partial charge is 0.491 e. The van der Waals surface area contributed by atoms with Crippen LogP contribution in [-0.2, 0) is 4.79 Å². The van der Waals surface area contributed by atoms with Crippen LogP contribution in [0.15, 0.2) is 60.0 Å². The van der Waals surface area contributed by atoms with Gasteiger partial charge in [0.2, 0.25) is 0 Å². The Balaban J connectivity index is 1.49. The second kappa shape index (κ2) is 10.1. The van der Waals surface area contributed by atoms with Crippen molar-refractivity contribution < 1.29 is 9.53 Å². The number of para-hydroxylation sites is 1. The summed E-state index contributed by atoms with van der Waals surface area (Å²) in [5.74, 6) is 0.792. The predicted octanol–water partition coefficient (Wildman–Crippen LogP) is 5.05. The fourth-order valence-corrected chi connectivity index (χ4v) is 5.01. The summed E-state index contributed by atoms with van der Waals surface area (Å²) in [6, 6.07) is 18.0. The number of rotatable bonds is 8. The summed E-state index contributed by atoms with van der Waals surface area (Å²) in [7, 11) is 4.08. The van der Waals surface area contributed by atoms with E-state index in [4.69, 9.17) is 9.72 Å². The lowest BCUT2D eigenvalue weighted by molar-refractivity contribution is -0.115. The second-order valence-corrected chi connectivity index (χ2v) is 8.98. The number of likely N-dealkylation sites (tertiary alicyclic amines) is 1. The lowest BCUT2D eigenvalue weighted by Crippen LogP contribution is -2.45. The van der Waals surface area contributed by atoms with E-state index < -0.39 is 0 Å². The van der Waals surface area contributed by atoms with Crippen molar-refractivity contribution >= 4 is 23.3 Å². The van der Waals surface area contributed by atoms with E-state index in [1.54, 1.807) is 11.3 Å². The van der Waals surface area contributed by atoms with Crippen molar-refractivity contribution in [3.8, 4) is 17.0 Å². The van der Waals surface area contributed by atoms with Crippen LogP contribution in [-0.4, -0.2) is 49.5 Å². The van der Waals surface area contributed by atoms with Crippen molar-refractivity contribution in [2.45, 2.75) is 31.3 Å². The smallest absolute Gasteiger partial charge is 0.140 e. The Morgan fingerprint density at radius 1 is 1.16 bits per heavy atom. The minimum atomic E-state index is -0.280. The molecule has 1 fully saturated rings. The average molecular weight is 436 g/mol. The van der Waals surface area contributed by atoms with E-state index in [1.165, 1.54) is 5.69 Å². The molecule has 2 heterocycles. The highest BCUT2D eigenvalue weighted by atomic mass is 32.1. The fourth-order valence-electron chi connectivity index (χ4n) is 4.03. The highest BCUT2D eigenvalue weighted by Crippen LogP contribution is 2.36. The van der Waals surface area contributed by atoms with Gasteiger partial charge in [-0.05, 0) is 43.7 Å². The van der Waals surface area contributed by atoms with Crippen LogP contribution in [0, 0.1) is 0 Å². The van der Waals surface area contributed by atoms with Gasteiger partial charge in [-0.25, -0.2) is 4.98 Å². The Hall–Kier alpha value is -2.70. The van der Waals surface area contributed by atoms with Gasteiger partial charge in [0, 0.05) is 30.7 Å². The third-order valence-corrected chi connectivity index (χ3v) is 6.72. The molecule has 4 rings (SSSR count). The van der Waals surface area contributed by atoms with Crippen molar-refractivity contribution in [3.05, 3.63) is 65.0 Å². The van der Waals surface area contributed by atoms with Gasteiger partial charge in [0.05, 0.1) is 11.7 Å². The summed E-state index contributed by atoms with van der Waals surface area (Å²) in [6.45, 7) is 1.24. The normalized spacial score (nSPS) is 17.8. The maximum absolute atomic E-state index is 12.0. The van der Waals surface area contributed by atoms with Crippen molar-refractivity contribution in [1.82, 2.24) is 9.88 Å². The van der Waals surface area contributed by atoms with E-state index >= 15 is 0 Å².